The first kappa shape index (κ1) is 16.0. The zero-order valence-electron chi connectivity index (χ0n) is 14.5. The SMILES string of the molecule is C=C(I)[C@H]1CC[C@H]2[C@@H]3CC[C@H]4CCCC[C@]4(C)[C@H]3CC[C@]12C. The number of allylic oxidation sites excluding steroid dienone is 1. The highest BCUT2D eigenvalue weighted by atomic mass is 127. The first-order valence-corrected chi connectivity index (χ1v) is 10.9. The lowest BCUT2D eigenvalue weighted by atomic mass is 9.45. The van der Waals surface area contributed by atoms with Crippen molar-refractivity contribution in [1.29, 1.82) is 0 Å². The third-order valence-electron chi connectivity index (χ3n) is 8.96. The van der Waals surface area contributed by atoms with Crippen LogP contribution in [0.5, 0.6) is 0 Å². The van der Waals surface area contributed by atoms with Crippen LogP contribution in [0.4, 0.5) is 0 Å². The van der Waals surface area contributed by atoms with Gasteiger partial charge in [0.1, 0.15) is 0 Å². The summed E-state index contributed by atoms with van der Waals surface area (Å²) >= 11 is 2.53. The standard InChI is InChI=1S/C21H33I/c1-14(22)17-9-10-18-16-8-7-15-6-4-5-12-20(15,2)19(16)11-13-21(17,18)3/h15-19H,1,4-13H2,2-3H3/t15-,16+,17-,18+,19+,20+,21-/m1/s1. The van der Waals surface area contributed by atoms with Crippen LogP contribution in [0, 0.1) is 40.4 Å². The second kappa shape index (κ2) is 5.49. The number of hydrogen-bond donors (Lipinski definition) is 0. The summed E-state index contributed by atoms with van der Waals surface area (Å²) in [6, 6.07) is 0. The Balaban J connectivity index is 1.63. The quantitative estimate of drug-likeness (QED) is 0.408. The molecular weight excluding hydrogens is 379 g/mol. The lowest BCUT2D eigenvalue weighted by molar-refractivity contribution is -0.107. The van der Waals surface area contributed by atoms with Gasteiger partial charge in [-0.2, -0.15) is 0 Å². The van der Waals surface area contributed by atoms with Crippen LogP contribution in [-0.2, 0) is 0 Å². The lowest BCUT2D eigenvalue weighted by Gasteiger charge is -2.60. The van der Waals surface area contributed by atoms with Gasteiger partial charge in [0, 0.05) is 0 Å². The molecule has 4 saturated carbocycles. The molecule has 4 fully saturated rings. The maximum absolute atomic E-state index is 4.34. The monoisotopic (exact) mass is 412 g/mol. The molecule has 0 unspecified atom stereocenters. The minimum atomic E-state index is 0.581. The van der Waals surface area contributed by atoms with Crippen molar-refractivity contribution in [2.45, 2.75) is 78.1 Å². The number of fused-ring (bicyclic) bond motifs is 5. The molecule has 0 aliphatic heterocycles. The molecule has 0 N–H and O–H groups in total. The van der Waals surface area contributed by atoms with Gasteiger partial charge in [0.25, 0.3) is 0 Å². The van der Waals surface area contributed by atoms with Crippen molar-refractivity contribution in [3.8, 4) is 0 Å². The Kier molecular flexibility index (Phi) is 3.99. The van der Waals surface area contributed by atoms with Crippen LogP contribution >= 0.6 is 22.6 Å². The van der Waals surface area contributed by atoms with Crippen LogP contribution in [0.1, 0.15) is 78.1 Å². The Labute approximate surface area is 151 Å². The van der Waals surface area contributed by atoms with Crippen LogP contribution in [0.2, 0.25) is 0 Å². The van der Waals surface area contributed by atoms with Crippen molar-refractivity contribution in [1.82, 2.24) is 0 Å². The Morgan fingerprint density at radius 1 is 0.864 bits per heavy atom. The smallest absolute Gasteiger partial charge is 0.00529 e. The molecule has 124 valence electrons. The molecule has 4 rings (SSSR count). The Bertz CT molecular complexity index is 469. The van der Waals surface area contributed by atoms with Crippen LogP contribution in [0.15, 0.2) is 10.2 Å². The van der Waals surface area contributed by atoms with Gasteiger partial charge in [0.05, 0.1) is 0 Å². The summed E-state index contributed by atoms with van der Waals surface area (Å²) < 4.78 is 1.44. The zero-order valence-corrected chi connectivity index (χ0v) is 16.7. The van der Waals surface area contributed by atoms with E-state index in [9.17, 15) is 0 Å². The molecule has 4 aliphatic rings. The molecule has 1 heteroatoms. The summed E-state index contributed by atoms with van der Waals surface area (Å²) in [6.45, 7) is 9.67. The van der Waals surface area contributed by atoms with E-state index in [1.54, 1.807) is 12.8 Å². The molecule has 0 aromatic heterocycles. The summed E-state index contributed by atoms with van der Waals surface area (Å²) in [6.07, 6.45) is 15.1. The van der Waals surface area contributed by atoms with Crippen LogP contribution in [-0.4, -0.2) is 0 Å². The minimum Gasteiger partial charge on any atom is -0.0894 e. The topological polar surface area (TPSA) is 0 Å². The van der Waals surface area contributed by atoms with Gasteiger partial charge in [-0.1, -0.05) is 33.3 Å². The maximum atomic E-state index is 4.34. The van der Waals surface area contributed by atoms with Gasteiger partial charge in [-0.3, -0.25) is 0 Å². The van der Waals surface area contributed by atoms with Gasteiger partial charge >= 0.3 is 0 Å². The average Bonchev–Trinajstić information content (AvgIpc) is 2.84. The van der Waals surface area contributed by atoms with Gasteiger partial charge in [-0.05, 0) is 118 Å². The largest absolute Gasteiger partial charge is 0.0894 e. The minimum absolute atomic E-state index is 0.581. The van der Waals surface area contributed by atoms with E-state index < -0.39 is 0 Å². The molecule has 7 atom stereocenters. The van der Waals surface area contributed by atoms with E-state index in [0.717, 1.165) is 29.6 Å². The molecule has 4 aliphatic carbocycles. The van der Waals surface area contributed by atoms with Crippen LogP contribution in [0.3, 0.4) is 0 Å². The highest BCUT2D eigenvalue weighted by molar-refractivity contribution is 14.1. The second-order valence-electron chi connectivity index (χ2n) is 9.52. The van der Waals surface area contributed by atoms with E-state index in [1.165, 1.54) is 54.9 Å². The second-order valence-corrected chi connectivity index (χ2v) is 10.9. The molecule has 0 spiro atoms. The molecule has 0 aromatic rings. The molecule has 0 nitrogen and oxygen atoms in total. The van der Waals surface area contributed by atoms with Crippen LogP contribution < -0.4 is 0 Å². The lowest BCUT2D eigenvalue weighted by Crippen LogP contribution is -2.52. The van der Waals surface area contributed by atoms with E-state index in [1.807, 2.05) is 0 Å². The predicted octanol–water partition coefficient (Wildman–Crippen LogP) is 6.98. The Hall–Kier alpha value is 0.470. The number of hydrogen-bond acceptors (Lipinski definition) is 0. The molecule has 22 heavy (non-hydrogen) atoms. The van der Waals surface area contributed by atoms with Gasteiger partial charge in [0.2, 0.25) is 0 Å². The van der Waals surface area contributed by atoms with E-state index in [2.05, 4.69) is 43.0 Å². The molecule has 0 bridgehead atoms. The van der Waals surface area contributed by atoms with Crippen molar-refractivity contribution in [2.75, 3.05) is 0 Å². The van der Waals surface area contributed by atoms with Gasteiger partial charge < -0.3 is 0 Å². The normalized spacial score (nSPS) is 54.2. The van der Waals surface area contributed by atoms with E-state index >= 15 is 0 Å². The van der Waals surface area contributed by atoms with E-state index in [0.29, 0.717) is 10.8 Å². The fourth-order valence-corrected chi connectivity index (χ4v) is 8.83. The van der Waals surface area contributed by atoms with Crippen LogP contribution in [0.25, 0.3) is 0 Å². The number of halogens is 1. The summed E-state index contributed by atoms with van der Waals surface area (Å²) in [5, 5.41) is 0. The summed E-state index contributed by atoms with van der Waals surface area (Å²) in [4.78, 5) is 0. The molecule has 0 saturated heterocycles. The average molecular weight is 412 g/mol. The van der Waals surface area contributed by atoms with Gasteiger partial charge in [0.15, 0.2) is 0 Å². The third-order valence-corrected chi connectivity index (χ3v) is 9.71. The maximum Gasteiger partial charge on any atom is -0.00529 e. The van der Waals surface area contributed by atoms with E-state index in [-0.39, 0.29) is 0 Å². The zero-order chi connectivity index (χ0) is 15.5. The molecule has 0 aromatic carbocycles. The van der Waals surface area contributed by atoms with Crippen molar-refractivity contribution < 1.29 is 0 Å². The molecule has 0 heterocycles. The summed E-state index contributed by atoms with van der Waals surface area (Å²) in [7, 11) is 0. The highest BCUT2D eigenvalue weighted by Crippen LogP contribution is 2.68. The molecular formula is C21H33I. The summed E-state index contributed by atoms with van der Waals surface area (Å²) in [5.41, 5.74) is 1.28. The highest BCUT2D eigenvalue weighted by Gasteiger charge is 2.59. The Morgan fingerprint density at radius 2 is 1.64 bits per heavy atom. The fraction of sp³-hybridized carbons (Fsp3) is 0.905. The first-order chi connectivity index (χ1) is 10.5. The first-order valence-electron chi connectivity index (χ1n) is 9.81. The van der Waals surface area contributed by atoms with Crippen molar-refractivity contribution in [3.63, 3.8) is 0 Å². The summed E-state index contributed by atoms with van der Waals surface area (Å²) in [5.74, 6) is 4.95. The van der Waals surface area contributed by atoms with Crippen molar-refractivity contribution >= 4 is 22.6 Å². The fourth-order valence-electron chi connectivity index (χ4n) is 7.81. The predicted molar refractivity (Wildman–Crippen MR) is 103 cm³/mol. The van der Waals surface area contributed by atoms with Crippen molar-refractivity contribution in [3.05, 3.63) is 10.2 Å². The third kappa shape index (κ3) is 2.12. The van der Waals surface area contributed by atoms with Crippen molar-refractivity contribution in [2.24, 2.45) is 40.4 Å². The molecule has 0 radical (unpaired) electrons. The Morgan fingerprint density at radius 3 is 2.41 bits per heavy atom. The van der Waals surface area contributed by atoms with E-state index in [4.69, 9.17) is 0 Å². The molecule has 0 amide bonds. The number of rotatable bonds is 1. The van der Waals surface area contributed by atoms with Gasteiger partial charge in [-0.25, -0.2) is 0 Å². The van der Waals surface area contributed by atoms with Gasteiger partial charge in [-0.15, -0.1) is 0 Å².